The minimum absolute atomic E-state index is 0.0914. The molecule has 9 heteroatoms. The first-order valence-corrected chi connectivity index (χ1v) is 10.4. The van der Waals surface area contributed by atoms with Crippen LogP contribution in [-0.4, -0.2) is 25.9 Å². The second-order valence-electron chi connectivity index (χ2n) is 5.52. The van der Waals surface area contributed by atoms with Gasteiger partial charge >= 0.3 is 0 Å². The Hall–Kier alpha value is -2.62. The van der Waals surface area contributed by atoms with Crippen LogP contribution in [0, 0.1) is 5.82 Å². The van der Waals surface area contributed by atoms with E-state index in [0.29, 0.717) is 16.4 Å². The van der Waals surface area contributed by atoms with E-state index in [1.165, 1.54) is 47.7 Å². The highest BCUT2D eigenvalue weighted by atomic mass is 32.2. The molecule has 1 amide bonds. The van der Waals surface area contributed by atoms with E-state index in [4.69, 9.17) is 0 Å². The summed E-state index contributed by atoms with van der Waals surface area (Å²) in [5, 5.41) is 4.82. The Bertz CT molecular complexity index is 1050. The molecule has 6 nitrogen and oxygen atoms in total. The van der Waals surface area contributed by atoms with Crippen molar-refractivity contribution >= 4 is 32.4 Å². The molecule has 3 aromatic rings. The predicted molar refractivity (Wildman–Crippen MR) is 103 cm³/mol. The van der Waals surface area contributed by atoms with E-state index in [1.54, 1.807) is 24.4 Å². The normalized spacial score (nSPS) is 11.3. The highest BCUT2D eigenvalue weighted by Crippen LogP contribution is 2.25. The molecule has 0 bridgehead atoms. The average Bonchev–Trinajstić information content (AvgIpc) is 3.11. The molecule has 0 saturated heterocycles. The Balaban J connectivity index is 1.71. The molecule has 0 aliphatic carbocycles. The quantitative estimate of drug-likeness (QED) is 0.657. The lowest BCUT2D eigenvalue weighted by atomic mass is 10.2. The number of rotatable bonds is 6. The number of thiazole rings is 1. The van der Waals surface area contributed by atoms with Crippen molar-refractivity contribution in [2.75, 3.05) is 11.9 Å². The summed E-state index contributed by atoms with van der Waals surface area (Å²) in [6.07, 6.45) is 0. The van der Waals surface area contributed by atoms with Crippen LogP contribution < -0.4 is 10.0 Å². The number of nitrogens with zero attached hydrogens (tertiary/aromatic N) is 1. The molecular weight excluding hydrogens is 389 g/mol. The van der Waals surface area contributed by atoms with Crippen LogP contribution in [0.4, 0.5) is 9.52 Å². The lowest BCUT2D eigenvalue weighted by Gasteiger charge is -2.06. The Labute approximate surface area is 160 Å². The standard InChI is InChI=1S/C18H16FN3O3S2/c1-2-20-27(24,25)15-9-5-13(6-10-15)17(23)22-18-21-16(11-26-18)12-3-7-14(19)8-4-12/h3-11,20H,2H2,1H3,(H,21,22,23). The molecule has 2 aromatic carbocycles. The van der Waals surface area contributed by atoms with Gasteiger partial charge in [-0.3, -0.25) is 10.1 Å². The molecule has 0 radical (unpaired) electrons. The van der Waals surface area contributed by atoms with Gasteiger partial charge in [0.05, 0.1) is 10.6 Å². The van der Waals surface area contributed by atoms with Gasteiger partial charge in [0.25, 0.3) is 5.91 Å². The molecule has 3 rings (SSSR count). The zero-order valence-electron chi connectivity index (χ0n) is 14.3. The molecule has 27 heavy (non-hydrogen) atoms. The van der Waals surface area contributed by atoms with E-state index in [0.717, 1.165) is 5.56 Å². The minimum Gasteiger partial charge on any atom is -0.298 e. The Morgan fingerprint density at radius 2 is 1.78 bits per heavy atom. The van der Waals surface area contributed by atoms with Gasteiger partial charge in [-0.15, -0.1) is 11.3 Å². The summed E-state index contributed by atoms with van der Waals surface area (Å²) < 4.78 is 39.2. The van der Waals surface area contributed by atoms with Crippen LogP contribution in [0.2, 0.25) is 0 Å². The molecular formula is C18H16FN3O3S2. The van der Waals surface area contributed by atoms with Crippen molar-refractivity contribution in [1.82, 2.24) is 9.71 Å². The van der Waals surface area contributed by atoms with E-state index in [1.807, 2.05) is 0 Å². The average molecular weight is 405 g/mol. The van der Waals surface area contributed by atoms with Crippen LogP contribution in [-0.2, 0) is 10.0 Å². The second-order valence-corrected chi connectivity index (χ2v) is 8.15. The van der Waals surface area contributed by atoms with Gasteiger partial charge in [0, 0.05) is 23.1 Å². The summed E-state index contributed by atoms with van der Waals surface area (Å²) in [6.45, 7) is 1.97. The number of nitrogens with one attached hydrogen (secondary N) is 2. The number of carbonyl (C=O) groups is 1. The van der Waals surface area contributed by atoms with Crippen molar-refractivity contribution in [1.29, 1.82) is 0 Å². The summed E-state index contributed by atoms with van der Waals surface area (Å²) in [6, 6.07) is 11.5. The number of benzene rings is 2. The summed E-state index contributed by atoms with van der Waals surface area (Å²) in [4.78, 5) is 16.7. The van der Waals surface area contributed by atoms with Crippen LogP contribution in [0.3, 0.4) is 0 Å². The topological polar surface area (TPSA) is 88.2 Å². The van der Waals surface area contributed by atoms with Crippen molar-refractivity contribution in [2.45, 2.75) is 11.8 Å². The maximum absolute atomic E-state index is 13.0. The highest BCUT2D eigenvalue weighted by molar-refractivity contribution is 7.89. The van der Waals surface area contributed by atoms with E-state index < -0.39 is 15.9 Å². The molecule has 0 aliphatic heterocycles. The number of aromatic nitrogens is 1. The van der Waals surface area contributed by atoms with E-state index in [2.05, 4.69) is 15.0 Å². The van der Waals surface area contributed by atoms with Gasteiger partial charge in [-0.25, -0.2) is 22.5 Å². The van der Waals surface area contributed by atoms with Gasteiger partial charge in [-0.2, -0.15) is 0 Å². The first kappa shape index (κ1) is 19.2. The van der Waals surface area contributed by atoms with Crippen LogP contribution in [0.15, 0.2) is 58.8 Å². The fourth-order valence-electron chi connectivity index (χ4n) is 2.31. The molecule has 140 valence electrons. The zero-order valence-corrected chi connectivity index (χ0v) is 15.9. The van der Waals surface area contributed by atoms with Crippen LogP contribution in [0.25, 0.3) is 11.3 Å². The van der Waals surface area contributed by atoms with Crippen molar-refractivity contribution < 1.29 is 17.6 Å². The summed E-state index contributed by atoms with van der Waals surface area (Å²) in [7, 11) is -3.56. The predicted octanol–water partition coefficient (Wildman–Crippen LogP) is 3.50. The van der Waals surface area contributed by atoms with Crippen molar-refractivity contribution in [3.05, 3.63) is 65.3 Å². The number of sulfonamides is 1. The van der Waals surface area contributed by atoms with E-state index >= 15 is 0 Å². The number of halogens is 1. The third-order valence-electron chi connectivity index (χ3n) is 3.63. The molecule has 0 aliphatic rings. The van der Waals surface area contributed by atoms with Crippen molar-refractivity contribution in [3.63, 3.8) is 0 Å². The third kappa shape index (κ3) is 4.57. The molecule has 0 saturated carbocycles. The van der Waals surface area contributed by atoms with Gasteiger partial charge < -0.3 is 0 Å². The molecule has 0 spiro atoms. The Morgan fingerprint density at radius 3 is 2.41 bits per heavy atom. The number of carbonyl (C=O) groups excluding carboxylic acids is 1. The van der Waals surface area contributed by atoms with Crippen molar-refractivity contribution in [2.24, 2.45) is 0 Å². The zero-order chi connectivity index (χ0) is 19.4. The molecule has 1 aromatic heterocycles. The largest absolute Gasteiger partial charge is 0.298 e. The van der Waals surface area contributed by atoms with Gasteiger partial charge in [0.2, 0.25) is 10.0 Å². The highest BCUT2D eigenvalue weighted by Gasteiger charge is 2.14. The fraction of sp³-hybridized carbons (Fsp3) is 0.111. The lowest BCUT2D eigenvalue weighted by molar-refractivity contribution is 0.102. The van der Waals surface area contributed by atoms with E-state index in [9.17, 15) is 17.6 Å². The first-order valence-electron chi connectivity index (χ1n) is 8.01. The first-order chi connectivity index (χ1) is 12.9. The molecule has 2 N–H and O–H groups in total. The summed E-state index contributed by atoms with van der Waals surface area (Å²) >= 11 is 1.24. The maximum atomic E-state index is 13.0. The Kier molecular flexibility index (Phi) is 5.64. The minimum atomic E-state index is -3.56. The summed E-state index contributed by atoms with van der Waals surface area (Å²) in [5.41, 5.74) is 1.68. The van der Waals surface area contributed by atoms with Gasteiger partial charge in [-0.1, -0.05) is 6.92 Å². The van der Waals surface area contributed by atoms with Crippen LogP contribution >= 0.6 is 11.3 Å². The number of amides is 1. The third-order valence-corrected chi connectivity index (χ3v) is 5.95. The molecule has 1 heterocycles. The van der Waals surface area contributed by atoms with Crippen LogP contribution in [0.5, 0.6) is 0 Å². The molecule has 0 atom stereocenters. The van der Waals surface area contributed by atoms with E-state index in [-0.39, 0.29) is 17.3 Å². The summed E-state index contributed by atoms with van der Waals surface area (Å²) in [5.74, 6) is -0.732. The van der Waals surface area contributed by atoms with Crippen LogP contribution in [0.1, 0.15) is 17.3 Å². The molecule has 0 fully saturated rings. The SMILES string of the molecule is CCNS(=O)(=O)c1ccc(C(=O)Nc2nc(-c3ccc(F)cc3)cs2)cc1. The fourth-order valence-corrected chi connectivity index (χ4v) is 4.07. The smallest absolute Gasteiger partial charge is 0.257 e. The number of hydrogen-bond acceptors (Lipinski definition) is 5. The lowest BCUT2D eigenvalue weighted by Crippen LogP contribution is -2.23. The Morgan fingerprint density at radius 1 is 1.11 bits per heavy atom. The molecule has 0 unspecified atom stereocenters. The monoisotopic (exact) mass is 405 g/mol. The number of anilines is 1. The van der Waals surface area contributed by atoms with Gasteiger partial charge in [0.15, 0.2) is 5.13 Å². The van der Waals surface area contributed by atoms with Gasteiger partial charge in [0.1, 0.15) is 5.82 Å². The number of hydrogen-bond donors (Lipinski definition) is 2. The second kappa shape index (κ2) is 7.95. The van der Waals surface area contributed by atoms with Crippen molar-refractivity contribution in [3.8, 4) is 11.3 Å². The van der Waals surface area contributed by atoms with Gasteiger partial charge in [-0.05, 0) is 48.5 Å². The maximum Gasteiger partial charge on any atom is 0.257 e.